The molecule has 0 aromatic heterocycles. The molecule has 0 N–H and O–H groups in total. The molecule has 1 aromatic carbocycles. The van der Waals surface area contributed by atoms with Gasteiger partial charge in [-0.3, -0.25) is 0 Å². The SMILES string of the molecule is F[P+](F)(F)Cc1ccccc1. The zero-order chi connectivity index (χ0) is 8.32. The first-order valence-corrected chi connectivity index (χ1v) is 4.73. The molecule has 60 valence electrons. The molecule has 0 radical (unpaired) electrons. The summed E-state index contributed by atoms with van der Waals surface area (Å²) in [6.45, 7) is 0. The Morgan fingerprint density at radius 1 is 1.00 bits per heavy atom. The molecular weight excluding hydrogens is 172 g/mol. The third-order valence-corrected chi connectivity index (χ3v) is 1.93. The van der Waals surface area contributed by atoms with Crippen LogP contribution in [-0.2, 0) is 6.16 Å². The van der Waals surface area contributed by atoms with Crippen molar-refractivity contribution in [1.29, 1.82) is 0 Å². The molecule has 11 heavy (non-hydrogen) atoms. The van der Waals surface area contributed by atoms with Crippen LogP contribution in [0, 0.1) is 0 Å². The van der Waals surface area contributed by atoms with Crippen molar-refractivity contribution in [3.8, 4) is 0 Å². The molecule has 0 unspecified atom stereocenters. The van der Waals surface area contributed by atoms with Gasteiger partial charge in [0.25, 0.3) is 0 Å². The molecule has 0 spiro atoms. The maximum atomic E-state index is 11.9. The fraction of sp³-hybridized carbons (Fsp3) is 0.143. The lowest BCUT2D eigenvalue weighted by Gasteiger charge is -1.93. The first-order valence-electron chi connectivity index (χ1n) is 3.09. The van der Waals surface area contributed by atoms with E-state index in [1.165, 1.54) is 12.1 Å². The van der Waals surface area contributed by atoms with Crippen LogP contribution in [0.15, 0.2) is 30.3 Å². The van der Waals surface area contributed by atoms with Crippen LogP contribution < -0.4 is 0 Å². The summed E-state index contributed by atoms with van der Waals surface area (Å²) in [4.78, 5) is 0. The fourth-order valence-electron chi connectivity index (χ4n) is 0.790. The van der Waals surface area contributed by atoms with Gasteiger partial charge in [0.15, 0.2) is 6.16 Å². The molecule has 0 aliphatic carbocycles. The van der Waals surface area contributed by atoms with Crippen LogP contribution in [0.1, 0.15) is 5.56 Å². The Balaban J connectivity index is 2.66. The van der Waals surface area contributed by atoms with Crippen LogP contribution in [0.3, 0.4) is 0 Å². The van der Waals surface area contributed by atoms with Gasteiger partial charge in [-0.1, -0.05) is 30.3 Å². The average molecular weight is 179 g/mol. The van der Waals surface area contributed by atoms with Crippen molar-refractivity contribution in [1.82, 2.24) is 0 Å². The van der Waals surface area contributed by atoms with Crippen molar-refractivity contribution in [3.05, 3.63) is 35.9 Å². The molecule has 1 aromatic rings. The Morgan fingerprint density at radius 2 is 1.55 bits per heavy atom. The van der Waals surface area contributed by atoms with Gasteiger partial charge in [0.1, 0.15) is 0 Å². The largest absolute Gasteiger partial charge is 0.573 e. The molecule has 0 atom stereocenters. The maximum absolute atomic E-state index is 11.9. The van der Waals surface area contributed by atoms with Crippen molar-refractivity contribution in [2.45, 2.75) is 6.16 Å². The van der Waals surface area contributed by atoms with Crippen molar-refractivity contribution in [2.24, 2.45) is 0 Å². The number of hydrogen-bond acceptors (Lipinski definition) is 0. The number of halogens is 3. The lowest BCUT2D eigenvalue weighted by atomic mass is 10.2. The van der Waals surface area contributed by atoms with Crippen LogP contribution in [0.5, 0.6) is 0 Å². The van der Waals surface area contributed by atoms with Gasteiger partial charge in [0, 0.05) is 12.6 Å². The minimum atomic E-state index is -5.14. The van der Waals surface area contributed by atoms with E-state index in [-0.39, 0.29) is 0 Å². The summed E-state index contributed by atoms with van der Waals surface area (Å²) < 4.78 is 35.6. The third-order valence-electron chi connectivity index (χ3n) is 1.20. The predicted molar refractivity (Wildman–Crippen MR) is 40.4 cm³/mol. The van der Waals surface area contributed by atoms with Crippen LogP contribution in [0.2, 0.25) is 0 Å². The fourth-order valence-corrected chi connectivity index (χ4v) is 1.42. The van der Waals surface area contributed by atoms with Crippen LogP contribution >= 0.6 is 8.19 Å². The van der Waals surface area contributed by atoms with E-state index in [1.807, 2.05) is 0 Å². The summed E-state index contributed by atoms with van der Waals surface area (Å²) in [5, 5.41) is 0. The zero-order valence-corrected chi connectivity index (χ0v) is 6.57. The maximum Gasteiger partial charge on any atom is 0.573 e. The quantitative estimate of drug-likeness (QED) is 0.604. The first kappa shape index (κ1) is 8.54. The van der Waals surface area contributed by atoms with Crippen molar-refractivity contribution >= 4 is 8.19 Å². The molecule has 0 aliphatic heterocycles. The minimum Gasteiger partial charge on any atom is -0.0622 e. The van der Waals surface area contributed by atoms with Gasteiger partial charge in [-0.15, -0.1) is 0 Å². The normalized spacial score (nSPS) is 11.5. The highest BCUT2D eigenvalue weighted by Crippen LogP contribution is 2.66. The van der Waals surface area contributed by atoms with Crippen LogP contribution in [-0.4, -0.2) is 0 Å². The van der Waals surface area contributed by atoms with Crippen molar-refractivity contribution in [3.63, 3.8) is 0 Å². The Hall–Kier alpha value is -0.560. The Bertz CT molecular complexity index is 217. The van der Waals surface area contributed by atoms with Crippen LogP contribution in [0.4, 0.5) is 12.6 Å². The smallest absolute Gasteiger partial charge is 0.0622 e. The van der Waals surface area contributed by atoms with Gasteiger partial charge in [-0.25, -0.2) is 0 Å². The summed E-state index contributed by atoms with van der Waals surface area (Å²) in [5.41, 5.74) is 0.355. The predicted octanol–water partition coefficient (Wildman–Crippen LogP) is 3.86. The Morgan fingerprint density at radius 3 is 2.00 bits per heavy atom. The zero-order valence-electron chi connectivity index (χ0n) is 5.67. The lowest BCUT2D eigenvalue weighted by molar-refractivity contribution is 0.581. The van der Waals surface area contributed by atoms with Crippen molar-refractivity contribution in [2.75, 3.05) is 0 Å². The second-order valence-electron chi connectivity index (χ2n) is 2.19. The van der Waals surface area contributed by atoms with E-state index >= 15 is 0 Å². The van der Waals surface area contributed by atoms with Gasteiger partial charge in [0.05, 0.1) is 0 Å². The number of hydrogen-bond donors (Lipinski definition) is 0. The highest BCUT2D eigenvalue weighted by molar-refractivity contribution is 7.59. The first-order chi connectivity index (χ1) is 5.08. The number of benzene rings is 1. The average Bonchev–Trinajstić information content (AvgIpc) is 1.85. The molecule has 0 nitrogen and oxygen atoms in total. The van der Waals surface area contributed by atoms with Crippen molar-refractivity contribution < 1.29 is 12.6 Å². The molecular formula is C7H7F3P+. The molecule has 0 saturated heterocycles. The van der Waals surface area contributed by atoms with Gasteiger partial charge in [0.2, 0.25) is 0 Å². The van der Waals surface area contributed by atoms with Gasteiger partial charge >= 0.3 is 8.19 Å². The molecule has 0 saturated carbocycles. The molecule has 0 heterocycles. The Labute approximate surface area is 63.7 Å². The Kier molecular flexibility index (Phi) is 2.50. The minimum absolute atomic E-state index is 0.355. The van der Waals surface area contributed by atoms with Gasteiger partial charge in [-0.2, -0.15) is 0 Å². The lowest BCUT2D eigenvalue weighted by Crippen LogP contribution is -1.80. The second-order valence-corrected chi connectivity index (χ2v) is 3.61. The third kappa shape index (κ3) is 3.38. The molecule has 0 fully saturated rings. The van der Waals surface area contributed by atoms with E-state index in [0.717, 1.165) is 0 Å². The highest BCUT2D eigenvalue weighted by Gasteiger charge is 2.42. The van der Waals surface area contributed by atoms with Gasteiger partial charge in [-0.05, 0) is 5.56 Å². The second kappa shape index (κ2) is 3.22. The summed E-state index contributed by atoms with van der Waals surface area (Å²) in [6, 6.07) is 7.93. The topological polar surface area (TPSA) is 0 Å². The molecule has 0 aliphatic rings. The highest BCUT2D eigenvalue weighted by atomic mass is 31.3. The molecule has 1 rings (SSSR count). The summed E-state index contributed by atoms with van der Waals surface area (Å²) in [5.74, 6) is 0. The van der Waals surface area contributed by atoms with E-state index in [0.29, 0.717) is 5.56 Å². The summed E-state index contributed by atoms with van der Waals surface area (Å²) in [6.07, 6.45) is -0.728. The molecule has 0 amide bonds. The molecule has 0 bridgehead atoms. The summed E-state index contributed by atoms with van der Waals surface area (Å²) in [7, 11) is -5.14. The summed E-state index contributed by atoms with van der Waals surface area (Å²) >= 11 is 0. The van der Waals surface area contributed by atoms with E-state index in [9.17, 15) is 12.6 Å². The molecule has 4 heteroatoms. The standard InChI is InChI=1S/C7H7F3P/c8-11(9,10)6-7-4-2-1-3-5-7/h1-5H,6H2/q+1. The van der Waals surface area contributed by atoms with E-state index in [4.69, 9.17) is 0 Å². The van der Waals surface area contributed by atoms with Gasteiger partial charge < -0.3 is 0 Å². The van der Waals surface area contributed by atoms with E-state index < -0.39 is 14.4 Å². The van der Waals surface area contributed by atoms with E-state index in [2.05, 4.69) is 0 Å². The monoisotopic (exact) mass is 179 g/mol. The number of rotatable bonds is 2. The van der Waals surface area contributed by atoms with Crippen LogP contribution in [0.25, 0.3) is 0 Å². The van der Waals surface area contributed by atoms with E-state index in [1.54, 1.807) is 18.2 Å².